The molecular weight excluding hydrogens is 945 g/mol. The first-order valence-electron chi connectivity index (χ1n) is 26.1. The van der Waals surface area contributed by atoms with Gasteiger partial charge in [0, 0.05) is 0 Å². The maximum atomic E-state index is 12.3. The highest BCUT2D eigenvalue weighted by Crippen LogP contribution is 2.51. The summed E-state index contributed by atoms with van der Waals surface area (Å²) in [4.78, 5) is 47.2. The lowest BCUT2D eigenvalue weighted by molar-refractivity contribution is -0.147. The number of hydrogen-bond donors (Lipinski definition) is 3. The van der Waals surface area contributed by atoms with Crippen LogP contribution >= 0.6 is 0 Å². The van der Waals surface area contributed by atoms with Crippen molar-refractivity contribution >= 4 is 24.2 Å². The lowest BCUT2D eigenvalue weighted by Gasteiger charge is -2.32. The average molecular weight is 1040 g/mol. The van der Waals surface area contributed by atoms with Gasteiger partial charge in [-0.15, -0.1) is 0 Å². The number of ether oxygens (including phenoxy) is 7. The second-order valence-corrected chi connectivity index (χ2v) is 20.0. The number of esters is 1. The van der Waals surface area contributed by atoms with E-state index in [1.807, 2.05) is 54.6 Å². The summed E-state index contributed by atoms with van der Waals surface area (Å²) in [7, 11) is 2.65. The third-order valence-electron chi connectivity index (χ3n) is 15.4. The summed E-state index contributed by atoms with van der Waals surface area (Å²) in [6, 6.07) is 21.4. The molecule has 0 spiro atoms. The molecule has 3 aromatic rings. The Morgan fingerprint density at radius 2 is 1.04 bits per heavy atom. The van der Waals surface area contributed by atoms with Gasteiger partial charge in [0.15, 0.2) is 13.2 Å². The highest BCUT2D eigenvalue weighted by molar-refractivity contribution is 5.71. The Bertz CT molecular complexity index is 2140. The van der Waals surface area contributed by atoms with Crippen LogP contribution in [0.3, 0.4) is 0 Å². The van der Waals surface area contributed by atoms with E-state index in [2.05, 4.69) is 26.0 Å². The second kappa shape index (κ2) is 32.2. The van der Waals surface area contributed by atoms with Gasteiger partial charge in [0.05, 0.1) is 26.4 Å². The Balaban J connectivity index is 0.000000382. The van der Waals surface area contributed by atoms with Crippen LogP contribution in [0.4, 0.5) is 9.59 Å². The van der Waals surface area contributed by atoms with Crippen molar-refractivity contribution in [2.45, 2.75) is 183 Å². The van der Waals surface area contributed by atoms with Crippen LogP contribution in [-0.2, 0) is 65.6 Å². The summed E-state index contributed by atoms with van der Waals surface area (Å²) in [6.07, 6.45) is 13.6. The molecule has 3 N–H and O–H groups in total. The molecular formula is C60H90O14. The number of benzene rings is 3. The number of carbonyl (C=O) groups is 4. The molecule has 2 fully saturated rings. The molecule has 0 saturated heterocycles. The predicted octanol–water partition coefficient (Wildman–Crippen LogP) is 12.3. The van der Waals surface area contributed by atoms with Crippen LogP contribution in [-0.4, -0.2) is 91.4 Å². The molecule has 14 nitrogen and oxygen atoms in total. The highest BCUT2D eigenvalue weighted by Gasteiger charge is 2.49. The zero-order valence-electron chi connectivity index (χ0n) is 42.3. The van der Waals surface area contributed by atoms with E-state index >= 15 is 0 Å². The van der Waals surface area contributed by atoms with Gasteiger partial charge in [0.25, 0.3) is 0 Å². The number of aliphatic hydroxyl groups excluding tert-OH is 2. The number of rotatable bonds is 24. The van der Waals surface area contributed by atoms with Crippen LogP contribution in [0.25, 0.3) is 0 Å². The quantitative estimate of drug-likeness (QED) is 0.0436. The number of hydrogen-bond acceptors (Lipinski definition) is 13. The molecule has 4 aliphatic carbocycles. The van der Waals surface area contributed by atoms with Crippen molar-refractivity contribution in [3.63, 3.8) is 0 Å². The van der Waals surface area contributed by atoms with Crippen molar-refractivity contribution in [1.82, 2.24) is 0 Å². The van der Waals surface area contributed by atoms with Crippen LogP contribution in [0.1, 0.15) is 154 Å². The van der Waals surface area contributed by atoms with E-state index in [4.69, 9.17) is 38.3 Å². The van der Waals surface area contributed by atoms with Crippen molar-refractivity contribution in [1.29, 1.82) is 0 Å². The molecule has 0 heterocycles. The summed E-state index contributed by atoms with van der Waals surface area (Å²) in [6.45, 7) is 4.02. The maximum Gasteiger partial charge on any atom is 0.508 e. The largest absolute Gasteiger partial charge is 0.508 e. The SMILES string of the molecule is C.C.C.CCCCC[C@H](O)CC[C@@H]1[C@H]2Cc3cccc(OCC(=O)O)c3C[C@H]2C[C@H]1OC(=O)OC.CCCCC[C@H](O)CC[C@@H]1[C@H]2Cc3cccc(OCC(=O)OCc4ccccc4)c3C[C@H]2C[C@H]1OC(=O)OC. The van der Waals surface area contributed by atoms with E-state index in [0.29, 0.717) is 48.0 Å². The van der Waals surface area contributed by atoms with E-state index < -0.39 is 24.2 Å². The van der Waals surface area contributed by atoms with Gasteiger partial charge in [-0.1, -0.05) is 129 Å². The monoisotopic (exact) mass is 1030 g/mol. The first-order valence-corrected chi connectivity index (χ1v) is 26.1. The lowest BCUT2D eigenvalue weighted by Crippen LogP contribution is -2.30. The summed E-state index contributed by atoms with van der Waals surface area (Å²) >= 11 is 0. The molecule has 3 aromatic carbocycles. The molecule has 4 aliphatic rings. The molecule has 14 heteroatoms. The summed E-state index contributed by atoms with van der Waals surface area (Å²) in [5.74, 6) is 1.59. The standard InChI is InChI=1S/C32H42O7.C25H36O7.3CH4/c1-3-4-6-13-25(33)15-16-26-27-17-23-12-9-14-29(28(23)18-24(27)19-30(26)39-32(35)36-2)37-21-31(34)38-20-22-10-7-5-8-11-22;1-3-4-5-8-18(26)10-11-19-20-12-16-7-6-9-22(31-15-24(27)28)21(16)13-17(20)14-23(19)32-25(29)30-2;;;/h5,7-12,14,24-27,30,33H,3-4,6,13,15-21H2,1-2H3;6-7,9,17-20,23,26H,3-5,8,10-15H2,1-2H3,(H,27,28);3*1H4/t24-,25-,26+,27-,30+;17-,18-,19+,20-,23+;;;/m00.../s1. The number of carboxylic acids is 1. The van der Waals surface area contributed by atoms with Crippen molar-refractivity contribution in [2.24, 2.45) is 35.5 Å². The zero-order chi connectivity index (χ0) is 50.7. The van der Waals surface area contributed by atoms with E-state index in [1.165, 1.54) is 25.3 Å². The summed E-state index contributed by atoms with van der Waals surface area (Å²) in [5, 5.41) is 30.0. The Morgan fingerprint density at radius 3 is 1.47 bits per heavy atom. The molecule has 0 unspecified atom stereocenters. The third kappa shape index (κ3) is 18.2. The smallest absolute Gasteiger partial charge is 0.482 e. The molecule has 0 radical (unpaired) electrons. The maximum absolute atomic E-state index is 12.3. The van der Waals surface area contributed by atoms with E-state index in [-0.39, 0.29) is 78.4 Å². The number of carbonyl (C=O) groups excluding carboxylic acids is 3. The fraction of sp³-hybridized carbons (Fsp3) is 0.633. The van der Waals surface area contributed by atoms with Gasteiger partial charge in [-0.2, -0.15) is 0 Å². The highest BCUT2D eigenvalue weighted by atomic mass is 16.7. The van der Waals surface area contributed by atoms with Crippen molar-refractivity contribution in [3.05, 3.63) is 94.5 Å². The van der Waals surface area contributed by atoms with Crippen molar-refractivity contribution in [2.75, 3.05) is 27.4 Å². The molecule has 2 saturated carbocycles. The van der Waals surface area contributed by atoms with E-state index in [9.17, 15) is 29.4 Å². The van der Waals surface area contributed by atoms with Crippen molar-refractivity contribution < 1.29 is 67.7 Å². The Hall–Kier alpha value is -5.34. The third-order valence-corrected chi connectivity index (χ3v) is 15.4. The van der Waals surface area contributed by atoms with Crippen LogP contribution < -0.4 is 9.47 Å². The number of fused-ring (bicyclic) bond motifs is 4. The second-order valence-electron chi connectivity index (χ2n) is 20.0. The Morgan fingerprint density at radius 1 is 0.581 bits per heavy atom. The molecule has 10 atom stereocenters. The van der Waals surface area contributed by atoms with Crippen molar-refractivity contribution in [3.8, 4) is 11.5 Å². The minimum atomic E-state index is -0.999. The van der Waals surface area contributed by atoms with Gasteiger partial charge in [0.2, 0.25) is 0 Å². The lowest BCUT2D eigenvalue weighted by atomic mass is 9.73. The molecule has 74 heavy (non-hydrogen) atoms. The van der Waals surface area contributed by atoms with E-state index in [0.717, 1.165) is 119 Å². The molecule has 414 valence electrons. The van der Waals surface area contributed by atoms with Crippen LogP contribution in [0.15, 0.2) is 66.7 Å². The summed E-state index contributed by atoms with van der Waals surface area (Å²) < 4.78 is 37.8. The molecule has 0 aliphatic heterocycles. The van der Waals surface area contributed by atoms with Gasteiger partial charge in [-0.3, -0.25) is 0 Å². The van der Waals surface area contributed by atoms with Crippen LogP contribution in [0.2, 0.25) is 0 Å². The number of carboxylic acid groups (broad SMARTS) is 1. The van der Waals surface area contributed by atoms with Gasteiger partial charge in [0.1, 0.15) is 30.3 Å². The number of methoxy groups -OCH3 is 2. The zero-order valence-corrected chi connectivity index (χ0v) is 42.3. The number of unbranched alkanes of at least 4 members (excludes halogenated alkanes) is 4. The average Bonchev–Trinajstić information content (AvgIpc) is 3.88. The molecule has 0 aromatic heterocycles. The minimum absolute atomic E-state index is 0. The number of aliphatic hydroxyl groups is 2. The normalized spacial score (nSPS) is 22.5. The van der Waals surface area contributed by atoms with Crippen LogP contribution in [0, 0.1) is 35.5 Å². The topological polar surface area (TPSA) is 194 Å². The predicted molar refractivity (Wildman–Crippen MR) is 286 cm³/mol. The summed E-state index contributed by atoms with van der Waals surface area (Å²) in [5.41, 5.74) is 5.49. The molecule has 0 amide bonds. The number of aliphatic carboxylic acids is 1. The van der Waals surface area contributed by atoms with E-state index in [1.54, 1.807) is 0 Å². The van der Waals surface area contributed by atoms with Crippen LogP contribution in [0.5, 0.6) is 11.5 Å². The fourth-order valence-corrected chi connectivity index (χ4v) is 11.8. The van der Waals surface area contributed by atoms with Gasteiger partial charge >= 0.3 is 24.2 Å². The first-order chi connectivity index (χ1) is 34.4. The Kier molecular flexibility index (Phi) is 27.4. The van der Waals surface area contributed by atoms with Gasteiger partial charge in [-0.05, 0) is 153 Å². The van der Waals surface area contributed by atoms with Gasteiger partial charge in [-0.25, -0.2) is 19.2 Å². The first kappa shape index (κ1) is 63.0. The molecule has 7 rings (SSSR count). The Labute approximate surface area is 442 Å². The minimum Gasteiger partial charge on any atom is -0.482 e. The molecule has 0 bridgehead atoms. The van der Waals surface area contributed by atoms with Gasteiger partial charge < -0.3 is 48.5 Å². The fourth-order valence-electron chi connectivity index (χ4n) is 11.8.